The van der Waals surface area contributed by atoms with Crippen molar-refractivity contribution in [2.24, 2.45) is 0 Å². The Hall–Kier alpha value is -1.61. The molecule has 0 aliphatic carbocycles. The maximum atomic E-state index is 4.75. The van der Waals surface area contributed by atoms with E-state index in [4.69, 9.17) is 5.10 Å². The topological polar surface area (TPSA) is 29.9 Å². The van der Waals surface area contributed by atoms with Gasteiger partial charge in [0.15, 0.2) is 0 Å². The average molecular weight is 285 g/mol. The summed E-state index contributed by atoms with van der Waals surface area (Å²) in [5, 5.41) is 8.07. The monoisotopic (exact) mass is 285 g/mol. The third-order valence-electron chi connectivity index (χ3n) is 4.24. The molecule has 1 aromatic heterocycles. The van der Waals surface area contributed by atoms with Gasteiger partial charge in [-0.2, -0.15) is 5.10 Å². The highest BCUT2D eigenvalue weighted by Gasteiger charge is 2.15. The maximum Gasteiger partial charge on any atom is 0.0631 e. The summed E-state index contributed by atoms with van der Waals surface area (Å²) in [4.78, 5) is 0. The Bertz CT molecular complexity index is 559. The molecular formula is C18H27N3. The minimum Gasteiger partial charge on any atom is -0.319 e. The van der Waals surface area contributed by atoms with Crippen LogP contribution in [0.15, 0.2) is 36.5 Å². The lowest BCUT2D eigenvalue weighted by molar-refractivity contribution is 0.471. The molecular weight excluding hydrogens is 258 g/mol. The molecule has 0 fully saturated rings. The molecule has 2 atom stereocenters. The van der Waals surface area contributed by atoms with E-state index in [1.807, 2.05) is 7.05 Å². The number of hydrogen-bond acceptors (Lipinski definition) is 2. The van der Waals surface area contributed by atoms with E-state index in [2.05, 4.69) is 67.3 Å². The first-order chi connectivity index (χ1) is 10.2. The molecule has 1 aromatic carbocycles. The van der Waals surface area contributed by atoms with Crippen molar-refractivity contribution < 1.29 is 0 Å². The molecule has 2 rings (SSSR count). The molecule has 21 heavy (non-hydrogen) atoms. The van der Waals surface area contributed by atoms with Crippen LogP contribution >= 0.6 is 0 Å². The quantitative estimate of drug-likeness (QED) is 0.840. The van der Waals surface area contributed by atoms with Gasteiger partial charge in [0, 0.05) is 24.7 Å². The highest BCUT2D eigenvalue weighted by Crippen LogP contribution is 2.23. The van der Waals surface area contributed by atoms with Crippen LogP contribution in [0.5, 0.6) is 0 Å². The average Bonchev–Trinajstić information content (AvgIpc) is 2.95. The zero-order chi connectivity index (χ0) is 15.2. The molecule has 2 unspecified atom stereocenters. The second kappa shape index (κ2) is 7.41. The zero-order valence-corrected chi connectivity index (χ0v) is 13.6. The van der Waals surface area contributed by atoms with Crippen molar-refractivity contribution in [3.63, 3.8) is 0 Å². The van der Waals surface area contributed by atoms with Crippen LogP contribution in [-0.2, 0) is 6.42 Å². The largest absolute Gasteiger partial charge is 0.319 e. The van der Waals surface area contributed by atoms with Crippen LogP contribution < -0.4 is 5.32 Å². The molecule has 0 saturated heterocycles. The lowest BCUT2D eigenvalue weighted by atomic mass is 9.91. The van der Waals surface area contributed by atoms with Gasteiger partial charge in [-0.25, -0.2) is 0 Å². The van der Waals surface area contributed by atoms with Gasteiger partial charge in [-0.15, -0.1) is 0 Å². The molecule has 0 amide bonds. The molecule has 1 heterocycles. The molecule has 0 bridgehead atoms. The van der Waals surface area contributed by atoms with E-state index in [9.17, 15) is 0 Å². The van der Waals surface area contributed by atoms with Gasteiger partial charge in [0.2, 0.25) is 0 Å². The second-order valence-corrected chi connectivity index (χ2v) is 5.86. The Labute approximate surface area is 128 Å². The summed E-state index contributed by atoms with van der Waals surface area (Å²) in [6.45, 7) is 7.57. The number of rotatable bonds is 7. The second-order valence-electron chi connectivity index (χ2n) is 5.86. The lowest BCUT2D eigenvalue weighted by Gasteiger charge is -2.18. The lowest BCUT2D eigenvalue weighted by Crippen LogP contribution is -2.20. The standard InChI is InChI=1S/C18H27N3/c1-5-15(3)21-11-10-17(20-21)12-16(13-19-4)18-9-7-6-8-14(18)2/h6-11,15-16,19H,5,12-13H2,1-4H3. The number of hydrogen-bond donors (Lipinski definition) is 1. The number of benzene rings is 1. The highest BCUT2D eigenvalue weighted by atomic mass is 15.3. The molecule has 0 aliphatic heterocycles. The molecule has 2 aromatic rings. The highest BCUT2D eigenvalue weighted by molar-refractivity contribution is 5.30. The molecule has 0 aliphatic rings. The third-order valence-corrected chi connectivity index (χ3v) is 4.24. The number of nitrogens with one attached hydrogen (secondary N) is 1. The first-order valence-electron chi connectivity index (χ1n) is 7.89. The van der Waals surface area contributed by atoms with E-state index in [1.54, 1.807) is 0 Å². The number of nitrogens with zero attached hydrogens (tertiary/aromatic N) is 2. The fourth-order valence-corrected chi connectivity index (χ4v) is 2.75. The van der Waals surface area contributed by atoms with Crippen LogP contribution in [0.3, 0.4) is 0 Å². The minimum atomic E-state index is 0.469. The SMILES string of the molecule is CCC(C)n1ccc(CC(CNC)c2ccccc2C)n1. The van der Waals surface area contributed by atoms with E-state index in [0.29, 0.717) is 12.0 Å². The molecule has 114 valence electrons. The van der Waals surface area contributed by atoms with Crippen LogP contribution in [0.2, 0.25) is 0 Å². The van der Waals surface area contributed by atoms with E-state index >= 15 is 0 Å². The molecule has 0 saturated carbocycles. The number of aryl methyl sites for hydroxylation is 1. The van der Waals surface area contributed by atoms with Crippen LogP contribution in [0.25, 0.3) is 0 Å². The van der Waals surface area contributed by atoms with Gasteiger partial charge in [0.25, 0.3) is 0 Å². The smallest absolute Gasteiger partial charge is 0.0631 e. The van der Waals surface area contributed by atoms with Crippen molar-refractivity contribution in [3.8, 4) is 0 Å². The van der Waals surface area contributed by atoms with E-state index < -0.39 is 0 Å². The Balaban J connectivity index is 2.17. The minimum absolute atomic E-state index is 0.469. The van der Waals surface area contributed by atoms with Gasteiger partial charge in [-0.3, -0.25) is 4.68 Å². The van der Waals surface area contributed by atoms with Crippen molar-refractivity contribution in [2.75, 3.05) is 13.6 Å². The Kier molecular flexibility index (Phi) is 5.57. The van der Waals surface area contributed by atoms with Gasteiger partial charge in [-0.05, 0) is 50.9 Å². The zero-order valence-electron chi connectivity index (χ0n) is 13.6. The first-order valence-corrected chi connectivity index (χ1v) is 7.89. The summed E-state index contributed by atoms with van der Waals surface area (Å²) in [5.74, 6) is 0.469. The number of likely N-dealkylation sites (N-methyl/N-ethyl adjacent to an activating group) is 1. The van der Waals surface area contributed by atoms with Crippen LogP contribution in [0, 0.1) is 6.92 Å². The third kappa shape index (κ3) is 3.94. The van der Waals surface area contributed by atoms with Crippen molar-refractivity contribution >= 4 is 0 Å². The predicted molar refractivity (Wildman–Crippen MR) is 88.8 cm³/mol. The van der Waals surface area contributed by atoms with Crippen LogP contribution in [0.1, 0.15) is 49.0 Å². The number of aromatic nitrogens is 2. The van der Waals surface area contributed by atoms with Crippen molar-refractivity contribution in [2.45, 2.75) is 45.6 Å². The fraction of sp³-hybridized carbons (Fsp3) is 0.500. The molecule has 0 spiro atoms. The fourth-order valence-electron chi connectivity index (χ4n) is 2.75. The molecule has 1 N–H and O–H groups in total. The van der Waals surface area contributed by atoms with Gasteiger partial charge in [0.05, 0.1) is 5.69 Å². The van der Waals surface area contributed by atoms with Crippen molar-refractivity contribution in [3.05, 3.63) is 53.3 Å². The molecule has 3 nitrogen and oxygen atoms in total. The first kappa shape index (κ1) is 15.8. The van der Waals surface area contributed by atoms with Gasteiger partial charge < -0.3 is 5.32 Å². The van der Waals surface area contributed by atoms with E-state index in [1.165, 1.54) is 16.8 Å². The summed E-state index contributed by atoms with van der Waals surface area (Å²) in [7, 11) is 2.02. The van der Waals surface area contributed by atoms with Crippen LogP contribution in [-0.4, -0.2) is 23.4 Å². The van der Waals surface area contributed by atoms with E-state index in [0.717, 1.165) is 19.4 Å². The molecule has 3 heteroatoms. The predicted octanol–water partition coefficient (Wildman–Crippen LogP) is 3.71. The Morgan fingerprint density at radius 1 is 1.24 bits per heavy atom. The summed E-state index contributed by atoms with van der Waals surface area (Å²) in [6, 6.07) is 11.3. The normalized spacial score (nSPS) is 14.1. The van der Waals surface area contributed by atoms with Crippen LogP contribution in [0.4, 0.5) is 0 Å². The molecule has 0 radical (unpaired) electrons. The summed E-state index contributed by atoms with van der Waals surface area (Å²) >= 11 is 0. The Morgan fingerprint density at radius 3 is 2.67 bits per heavy atom. The maximum absolute atomic E-state index is 4.75. The Morgan fingerprint density at radius 2 is 2.00 bits per heavy atom. The summed E-state index contributed by atoms with van der Waals surface area (Å²) in [6.07, 6.45) is 4.20. The van der Waals surface area contributed by atoms with Gasteiger partial charge >= 0.3 is 0 Å². The van der Waals surface area contributed by atoms with E-state index in [-0.39, 0.29) is 0 Å². The van der Waals surface area contributed by atoms with Crippen molar-refractivity contribution in [1.82, 2.24) is 15.1 Å². The summed E-state index contributed by atoms with van der Waals surface area (Å²) < 4.78 is 2.09. The van der Waals surface area contributed by atoms with Gasteiger partial charge in [0.1, 0.15) is 0 Å². The van der Waals surface area contributed by atoms with Crippen molar-refractivity contribution in [1.29, 1.82) is 0 Å². The van der Waals surface area contributed by atoms with Gasteiger partial charge in [-0.1, -0.05) is 31.2 Å². The summed E-state index contributed by atoms with van der Waals surface area (Å²) in [5.41, 5.74) is 3.96.